The Bertz CT molecular complexity index is 1110. The third-order valence-corrected chi connectivity index (χ3v) is 4.87. The number of aromatic nitrogens is 1. The van der Waals surface area contributed by atoms with Gasteiger partial charge in [-0.1, -0.05) is 54.1 Å². The van der Waals surface area contributed by atoms with E-state index in [4.69, 9.17) is 11.6 Å². The van der Waals surface area contributed by atoms with E-state index < -0.39 is 17.2 Å². The van der Waals surface area contributed by atoms with E-state index >= 15 is 0 Å². The van der Waals surface area contributed by atoms with E-state index in [9.17, 15) is 14.4 Å². The van der Waals surface area contributed by atoms with Gasteiger partial charge in [0.2, 0.25) is 5.43 Å². The van der Waals surface area contributed by atoms with Crippen molar-refractivity contribution in [2.75, 3.05) is 7.05 Å². The number of benzene rings is 2. The summed E-state index contributed by atoms with van der Waals surface area (Å²) < 4.78 is 1.70. The number of halogens is 1. The van der Waals surface area contributed by atoms with Gasteiger partial charge in [0.25, 0.3) is 11.8 Å². The number of hydrogen-bond donors (Lipinski definition) is 2. The normalized spacial score (nSPS) is 10.5. The topological polar surface area (TPSA) is 80.2 Å². The molecule has 0 aliphatic heterocycles. The molecule has 2 aromatic carbocycles. The number of nitrogens with one attached hydrogen (secondary N) is 2. The monoisotopic (exact) mass is 423 g/mol. The molecule has 0 atom stereocenters. The first kappa shape index (κ1) is 21.3. The third-order valence-electron chi connectivity index (χ3n) is 4.64. The highest BCUT2D eigenvalue weighted by atomic mass is 35.5. The van der Waals surface area contributed by atoms with Gasteiger partial charge in [-0.25, -0.2) is 0 Å². The smallest absolute Gasteiger partial charge is 0.257 e. The summed E-state index contributed by atoms with van der Waals surface area (Å²) in [7, 11) is 1.45. The number of aryl methyl sites for hydroxylation is 2. The Balaban J connectivity index is 1.84. The van der Waals surface area contributed by atoms with Gasteiger partial charge in [0.1, 0.15) is 11.1 Å². The Morgan fingerprint density at radius 2 is 1.60 bits per heavy atom. The molecule has 0 spiro atoms. The first-order valence-corrected chi connectivity index (χ1v) is 9.88. The number of carbonyl (C=O) groups excluding carboxylic acids is 2. The van der Waals surface area contributed by atoms with Crippen molar-refractivity contribution >= 4 is 23.4 Å². The molecule has 0 bridgehead atoms. The number of rotatable bonds is 7. The molecule has 3 aromatic rings. The molecule has 6 nitrogen and oxygen atoms in total. The standard InChI is InChI=1S/C23H22ClN3O3/c1-25-22(29)19-14-27(11-10-16-6-3-2-4-7-16)15-20(21(19)28)23(30)26-13-17-8-5-9-18(24)12-17/h2-9,12,14-15H,10-11,13H2,1H3,(H,25,29)(H,26,30). The second-order valence-corrected chi connectivity index (χ2v) is 7.22. The number of amides is 2. The molecule has 7 heteroatoms. The Morgan fingerprint density at radius 1 is 0.933 bits per heavy atom. The van der Waals surface area contributed by atoms with Crippen LogP contribution >= 0.6 is 11.6 Å². The maximum absolute atomic E-state index is 12.7. The van der Waals surface area contributed by atoms with E-state index in [2.05, 4.69) is 10.6 Å². The lowest BCUT2D eigenvalue weighted by Crippen LogP contribution is -2.34. The van der Waals surface area contributed by atoms with Gasteiger partial charge in [-0.05, 0) is 29.7 Å². The maximum atomic E-state index is 12.7. The summed E-state index contributed by atoms with van der Waals surface area (Å²) >= 11 is 5.97. The van der Waals surface area contributed by atoms with Crippen LogP contribution in [0.2, 0.25) is 5.02 Å². The van der Waals surface area contributed by atoms with Crippen LogP contribution in [0.1, 0.15) is 31.8 Å². The third kappa shape index (κ3) is 5.36. The van der Waals surface area contributed by atoms with Crippen LogP contribution in [0.4, 0.5) is 0 Å². The highest BCUT2D eigenvalue weighted by Crippen LogP contribution is 2.10. The molecular weight excluding hydrogens is 402 g/mol. The lowest BCUT2D eigenvalue weighted by atomic mass is 10.1. The van der Waals surface area contributed by atoms with Crippen molar-refractivity contribution in [2.24, 2.45) is 0 Å². The lowest BCUT2D eigenvalue weighted by Gasteiger charge is -2.12. The molecule has 0 saturated heterocycles. The van der Waals surface area contributed by atoms with Crippen LogP contribution in [0.25, 0.3) is 0 Å². The molecule has 154 valence electrons. The fraction of sp³-hybridized carbons (Fsp3) is 0.174. The Hall–Kier alpha value is -3.38. The van der Waals surface area contributed by atoms with Gasteiger partial charge in [-0.2, -0.15) is 0 Å². The van der Waals surface area contributed by atoms with E-state index in [-0.39, 0.29) is 17.7 Å². The molecule has 0 radical (unpaired) electrons. The van der Waals surface area contributed by atoms with E-state index in [0.717, 1.165) is 11.1 Å². The van der Waals surface area contributed by atoms with Crippen molar-refractivity contribution in [2.45, 2.75) is 19.5 Å². The minimum atomic E-state index is -0.603. The SMILES string of the molecule is CNC(=O)c1cn(CCc2ccccc2)cc(C(=O)NCc2cccc(Cl)c2)c1=O. The van der Waals surface area contributed by atoms with Gasteiger partial charge in [-0.15, -0.1) is 0 Å². The van der Waals surface area contributed by atoms with E-state index in [1.165, 1.54) is 19.4 Å². The molecular formula is C23H22ClN3O3. The van der Waals surface area contributed by atoms with Gasteiger partial charge >= 0.3 is 0 Å². The van der Waals surface area contributed by atoms with Crippen LogP contribution in [0.3, 0.4) is 0 Å². The van der Waals surface area contributed by atoms with Crippen LogP contribution < -0.4 is 16.1 Å². The van der Waals surface area contributed by atoms with Gasteiger partial charge in [0.05, 0.1) is 0 Å². The number of nitrogens with zero attached hydrogens (tertiary/aromatic N) is 1. The van der Waals surface area contributed by atoms with Gasteiger partial charge in [-0.3, -0.25) is 14.4 Å². The minimum absolute atomic E-state index is 0.0685. The highest BCUT2D eigenvalue weighted by molar-refractivity contribution is 6.30. The zero-order valence-electron chi connectivity index (χ0n) is 16.5. The predicted molar refractivity (Wildman–Crippen MR) is 117 cm³/mol. The Labute approximate surface area is 179 Å². The van der Waals surface area contributed by atoms with Crippen molar-refractivity contribution in [3.05, 3.63) is 104 Å². The number of carbonyl (C=O) groups is 2. The second-order valence-electron chi connectivity index (χ2n) is 6.78. The molecule has 3 rings (SSSR count). The Kier molecular flexibility index (Phi) is 7.03. The molecule has 0 unspecified atom stereocenters. The molecule has 30 heavy (non-hydrogen) atoms. The van der Waals surface area contributed by atoms with Crippen LogP contribution in [-0.2, 0) is 19.5 Å². The highest BCUT2D eigenvalue weighted by Gasteiger charge is 2.18. The molecule has 2 amide bonds. The van der Waals surface area contributed by atoms with Crippen molar-refractivity contribution in [1.82, 2.24) is 15.2 Å². The van der Waals surface area contributed by atoms with E-state index in [1.807, 2.05) is 36.4 Å². The molecule has 1 heterocycles. The fourth-order valence-corrected chi connectivity index (χ4v) is 3.26. The van der Waals surface area contributed by atoms with Crippen molar-refractivity contribution in [1.29, 1.82) is 0 Å². The predicted octanol–water partition coefficient (Wildman–Crippen LogP) is 3.03. The summed E-state index contributed by atoms with van der Waals surface area (Å²) in [6, 6.07) is 16.9. The fourth-order valence-electron chi connectivity index (χ4n) is 3.05. The van der Waals surface area contributed by atoms with Crippen LogP contribution in [0.15, 0.2) is 71.8 Å². The molecule has 1 aromatic heterocycles. The van der Waals surface area contributed by atoms with Crippen molar-refractivity contribution in [3.8, 4) is 0 Å². The first-order chi connectivity index (χ1) is 14.5. The maximum Gasteiger partial charge on any atom is 0.257 e. The summed E-state index contributed by atoms with van der Waals surface area (Å²) in [4.78, 5) is 37.7. The quantitative estimate of drug-likeness (QED) is 0.613. The summed E-state index contributed by atoms with van der Waals surface area (Å²) in [6.45, 7) is 0.732. The van der Waals surface area contributed by atoms with Crippen molar-refractivity contribution < 1.29 is 9.59 Å². The van der Waals surface area contributed by atoms with Crippen LogP contribution in [0, 0.1) is 0 Å². The van der Waals surface area contributed by atoms with Gasteiger partial charge in [0, 0.05) is 37.6 Å². The molecule has 0 fully saturated rings. The summed E-state index contributed by atoms with van der Waals surface area (Å²) in [6.07, 6.45) is 3.67. The molecule has 0 aliphatic rings. The number of pyridine rings is 1. The number of hydrogen-bond acceptors (Lipinski definition) is 3. The van der Waals surface area contributed by atoms with E-state index in [0.29, 0.717) is 18.0 Å². The van der Waals surface area contributed by atoms with Gasteiger partial charge < -0.3 is 15.2 Å². The van der Waals surface area contributed by atoms with Gasteiger partial charge in [0.15, 0.2) is 0 Å². The average molecular weight is 424 g/mol. The summed E-state index contributed by atoms with van der Waals surface area (Å²) in [5.41, 5.74) is 1.17. The van der Waals surface area contributed by atoms with Crippen molar-refractivity contribution in [3.63, 3.8) is 0 Å². The second kappa shape index (κ2) is 9.89. The molecule has 0 aliphatic carbocycles. The van der Waals surface area contributed by atoms with Crippen LogP contribution in [0.5, 0.6) is 0 Å². The molecule has 0 saturated carbocycles. The lowest BCUT2D eigenvalue weighted by molar-refractivity contribution is 0.0949. The van der Waals surface area contributed by atoms with Crippen LogP contribution in [-0.4, -0.2) is 23.4 Å². The zero-order chi connectivity index (χ0) is 21.5. The summed E-state index contributed by atoms with van der Waals surface area (Å²) in [5.74, 6) is -1.07. The molecule has 2 N–H and O–H groups in total. The minimum Gasteiger partial charge on any atom is -0.355 e. The summed E-state index contributed by atoms with van der Waals surface area (Å²) in [5, 5.41) is 5.74. The first-order valence-electron chi connectivity index (χ1n) is 9.50. The Morgan fingerprint density at radius 3 is 2.27 bits per heavy atom. The average Bonchev–Trinajstić information content (AvgIpc) is 2.77. The zero-order valence-corrected chi connectivity index (χ0v) is 17.3. The van der Waals surface area contributed by atoms with E-state index in [1.54, 1.807) is 22.8 Å². The largest absolute Gasteiger partial charge is 0.355 e.